The average molecular weight is 308 g/mol. The third-order valence-electron chi connectivity index (χ3n) is 4.46. The molecule has 0 saturated carbocycles. The van der Waals surface area contributed by atoms with Gasteiger partial charge in [0.1, 0.15) is 6.04 Å². The fourth-order valence-electron chi connectivity index (χ4n) is 2.72. The summed E-state index contributed by atoms with van der Waals surface area (Å²) in [5, 5.41) is 2.71. The molecule has 0 fully saturated rings. The third kappa shape index (κ3) is 2.66. The fourth-order valence-corrected chi connectivity index (χ4v) is 2.72. The minimum Gasteiger partial charge on any atom is -0.340 e. The van der Waals surface area contributed by atoms with Crippen molar-refractivity contribution in [1.29, 1.82) is 0 Å². The second-order valence-corrected chi connectivity index (χ2v) is 6.02. The third-order valence-corrected chi connectivity index (χ3v) is 4.46. The van der Waals surface area contributed by atoms with Crippen LogP contribution in [0.5, 0.6) is 0 Å². The summed E-state index contributed by atoms with van der Waals surface area (Å²) in [5.74, 6) is 0.777. The van der Waals surface area contributed by atoms with Crippen LogP contribution >= 0.6 is 0 Å². The molecule has 0 aliphatic heterocycles. The monoisotopic (exact) mass is 308 g/mol. The molecule has 1 aromatic heterocycles. The lowest BCUT2D eigenvalue weighted by molar-refractivity contribution is -0.668. The minimum absolute atomic E-state index is 0.0115. The van der Waals surface area contributed by atoms with E-state index in [9.17, 15) is 4.79 Å². The first-order valence-corrected chi connectivity index (χ1v) is 7.91. The smallest absolute Gasteiger partial charge is 0.266 e. The lowest BCUT2D eigenvalue weighted by Crippen LogP contribution is -2.80. The van der Waals surface area contributed by atoms with Crippen LogP contribution in [-0.2, 0) is 0 Å². The Morgan fingerprint density at radius 1 is 1.09 bits per heavy atom. The number of hydrogen-bond acceptors (Lipinski definition) is 2. The molecule has 1 atom stereocenters. The van der Waals surface area contributed by atoms with Gasteiger partial charge < -0.3 is 5.32 Å². The van der Waals surface area contributed by atoms with Crippen LogP contribution < -0.4 is 10.9 Å². The lowest BCUT2D eigenvalue weighted by Gasteiger charge is -2.17. The zero-order valence-corrected chi connectivity index (χ0v) is 14.0. The quantitative estimate of drug-likeness (QED) is 0.807. The maximum Gasteiger partial charge on any atom is 0.266 e. The van der Waals surface area contributed by atoms with Crippen LogP contribution in [0.25, 0.3) is 16.6 Å². The summed E-state index contributed by atoms with van der Waals surface area (Å²) in [6, 6.07) is 13.7. The van der Waals surface area contributed by atoms with Crippen LogP contribution in [0.2, 0.25) is 0 Å². The average Bonchev–Trinajstić information content (AvgIpc) is 2.57. The maximum atomic E-state index is 13.1. The van der Waals surface area contributed by atoms with Crippen molar-refractivity contribution >= 4 is 10.9 Å². The van der Waals surface area contributed by atoms with Crippen LogP contribution in [0, 0.1) is 13.8 Å². The van der Waals surface area contributed by atoms with Gasteiger partial charge in [-0.05, 0) is 56.2 Å². The predicted octanol–water partition coefficient (Wildman–Crippen LogP) is 2.26. The Bertz CT molecular complexity index is 928. The van der Waals surface area contributed by atoms with Crippen molar-refractivity contribution in [2.75, 3.05) is 7.05 Å². The standard InChI is InChI=1S/C19H21N3O/c1-12-9-10-15(11-13(12)2)22-18(14(3)20-4)21-17-8-6-5-7-16(17)19(22)23/h5-11,14,20H,1-4H3/p+1/t14-/m0/s1. The highest BCUT2D eigenvalue weighted by molar-refractivity contribution is 5.77. The number of quaternary nitrogens is 1. The van der Waals surface area contributed by atoms with Crippen molar-refractivity contribution in [1.82, 2.24) is 9.55 Å². The van der Waals surface area contributed by atoms with Gasteiger partial charge in [0.15, 0.2) is 5.82 Å². The van der Waals surface area contributed by atoms with Gasteiger partial charge in [-0.25, -0.2) is 4.98 Å². The van der Waals surface area contributed by atoms with E-state index in [-0.39, 0.29) is 11.6 Å². The van der Waals surface area contributed by atoms with Crippen molar-refractivity contribution < 1.29 is 5.32 Å². The van der Waals surface area contributed by atoms with Gasteiger partial charge in [0.25, 0.3) is 5.56 Å². The van der Waals surface area contributed by atoms with Crippen LogP contribution in [0.3, 0.4) is 0 Å². The Hall–Kier alpha value is -2.46. The highest BCUT2D eigenvalue weighted by atomic mass is 16.1. The summed E-state index contributed by atoms with van der Waals surface area (Å²) in [5.41, 5.74) is 4.00. The summed E-state index contributed by atoms with van der Waals surface area (Å²) in [6.45, 7) is 6.20. The molecule has 0 aliphatic rings. The van der Waals surface area contributed by atoms with Crippen LogP contribution in [0.4, 0.5) is 0 Å². The second kappa shape index (κ2) is 5.97. The van der Waals surface area contributed by atoms with Crippen LogP contribution in [0.1, 0.15) is 29.9 Å². The number of aryl methyl sites for hydroxylation is 2. The molecule has 1 heterocycles. The van der Waals surface area contributed by atoms with E-state index in [0.29, 0.717) is 5.39 Å². The van der Waals surface area contributed by atoms with Crippen LogP contribution in [-0.4, -0.2) is 16.6 Å². The van der Waals surface area contributed by atoms with Gasteiger partial charge in [-0.1, -0.05) is 18.2 Å². The topological polar surface area (TPSA) is 51.5 Å². The summed E-state index contributed by atoms with van der Waals surface area (Å²) in [6.07, 6.45) is 0. The molecule has 0 bridgehead atoms. The molecule has 0 amide bonds. The molecule has 0 unspecified atom stereocenters. The Morgan fingerprint density at radius 3 is 2.52 bits per heavy atom. The van der Waals surface area contributed by atoms with Crippen molar-refractivity contribution in [3.63, 3.8) is 0 Å². The first kappa shape index (κ1) is 15.4. The Labute approximate surface area is 135 Å². The number of nitrogens with zero attached hydrogens (tertiary/aromatic N) is 2. The summed E-state index contributed by atoms with van der Waals surface area (Å²) in [4.78, 5) is 17.8. The van der Waals surface area contributed by atoms with Gasteiger partial charge in [-0.2, -0.15) is 0 Å². The van der Waals surface area contributed by atoms with E-state index in [4.69, 9.17) is 4.98 Å². The lowest BCUT2D eigenvalue weighted by atomic mass is 10.1. The molecule has 118 valence electrons. The number of rotatable bonds is 3. The van der Waals surface area contributed by atoms with Gasteiger partial charge >= 0.3 is 0 Å². The molecule has 4 nitrogen and oxygen atoms in total. The first-order chi connectivity index (χ1) is 11.0. The largest absolute Gasteiger partial charge is 0.340 e. The zero-order valence-electron chi connectivity index (χ0n) is 14.0. The number of benzene rings is 2. The fraction of sp³-hybridized carbons (Fsp3) is 0.263. The van der Waals surface area contributed by atoms with Crippen molar-refractivity contribution in [2.45, 2.75) is 26.8 Å². The molecule has 0 radical (unpaired) electrons. The molecule has 0 saturated heterocycles. The van der Waals surface area contributed by atoms with E-state index < -0.39 is 0 Å². The molecule has 3 rings (SSSR count). The van der Waals surface area contributed by atoms with E-state index in [0.717, 1.165) is 17.0 Å². The SMILES string of the molecule is C[NH2+][C@@H](C)c1nc2ccccc2c(=O)n1-c1ccc(C)c(C)c1. The number of aromatic nitrogens is 2. The predicted molar refractivity (Wildman–Crippen MR) is 93.1 cm³/mol. The second-order valence-electron chi connectivity index (χ2n) is 6.02. The normalized spacial score (nSPS) is 12.5. The van der Waals surface area contributed by atoms with Crippen molar-refractivity contribution in [3.05, 3.63) is 69.8 Å². The molecule has 3 aromatic rings. The molecule has 4 heteroatoms. The van der Waals surface area contributed by atoms with E-state index >= 15 is 0 Å². The van der Waals surface area contributed by atoms with E-state index in [1.807, 2.05) is 37.4 Å². The van der Waals surface area contributed by atoms with Gasteiger partial charge in [0.2, 0.25) is 0 Å². The molecule has 0 spiro atoms. The molecular formula is C19H22N3O+. The summed E-state index contributed by atoms with van der Waals surface area (Å²) in [7, 11) is 2.00. The van der Waals surface area contributed by atoms with Gasteiger partial charge in [0, 0.05) is 0 Å². The summed E-state index contributed by atoms with van der Waals surface area (Å²) < 4.78 is 1.75. The highest BCUT2D eigenvalue weighted by Gasteiger charge is 2.19. The zero-order chi connectivity index (χ0) is 16.6. The van der Waals surface area contributed by atoms with Crippen molar-refractivity contribution in [2.24, 2.45) is 0 Å². The van der Waals surface area contributed by atoms with Gasteiger partial charge in [-0.3, -0.25) is 9.36 Å². The first-order valence-electron chi connectivity index (χ1n) is 7.91. The maximum absolute atomic E-state index is 13.1. The van der Waals surface area contributed by atoms with Gasteiger partial charge in [-0.15, -0.1) is 0 Å². The molecule has 2 N–H and O–H groups in total. The van der Waals surface area contributed by atoms with E-state index in [2.05, 4.69) is 38.2 Å². The molecule has 23 heavy (non-hydrogen) atoms. The molecule has 0 aliphatic carbocycles. The minimum atomic E-state index is -0.0115. The highest BCUT2D eigenvalue weighted by Crippen LogP contribution is 2.18. The number of fused-ring (bicyclic) bond motifs is 1. The number of hydrogen-bond donors (Lipinski definition) is 1. The van der Waals surface area contributed by atoms with Crippen LogP contribution in [0.15, 0.2) is 47.3 Å². The van der Waals surface area contributed by atoms with Gasteiger partial charge in [0.05, 0.1) is 23.6 Å². The summed E-state index contributed by atoms with van der Waals surface area (Å²) >= 11 is 0. The Kier molecular flexibility index (Phi) is 4.01. The molecule has 2 aromatic carbocycles. The Balaban J connectivity index is 2.39. The Morgan fingerprint density at radius 2 is 1.83 bits per heavy atom. The number of nitrogens with two attached hydrogens (primary N) is 1. The molecular weight excluding hydrogens is 286 g/mol. The van der Waals surface area contributed by atoms with Crippen molar-refractivity contribution in [3.8, 4) is 5.69 Å². The van der Waals surface area contributed by atoms with E-state index in [1.54, 1.807) is 4.57 Å². The van der Waals surface area contributed by atoms with E-state index in [1.165, 1.54) is 11.1 Å². The number of para-hydroxylation sites is 1.